The van der Waals surface area contributed by atoms with E-state index in [4.69, 9.17) is 9.47 Å². The summed E-state index contributed by atoms with van der Waals surface area (Å²) in [6, 6.07) is 19.3. The van der Waals surface area contributed by atoms with Crippen LogP contribution in [0.1, 0.15) is 64.7 Å². The fraction of sp³-hybridized carbons (Fsp3) is 0.444. The lowest BCUT2D eigenvalue weighted by atomic mass is 10.0. The molecule has 0 aromatic heterocycles. The third-order valence-electron chi connectivity index (χ3n) is 5.54. The van der Waals surface area contributed by atoms with E-state index in [1.807, 2.05) is 6.92 Å². The summed E-state index contributed by atoms with van der Waals surface area (Å²) in [5, 5.41) is 4.94. The molecule has 3 aromatic carbocycles. The summed E-state index contributed by atoms with van der Waals surface area (Å²) < 4.78 is 11.1. The lowest BCUT2D eigenvalue weighted by Gasteiger charge is -2.10. The van der Waals surface area contributed by atoms with Crippen LogP contribution >= 0.6 is 0 Å². The van der Waals surface area contributed by atoms with E-state index < -0.39 is 0 Å². The van der Waals surface area contributed by atoms with Gasteiger partial charge in [0.25, 0.3) is 0 Å². The minimum Gasteiger partial charge on any atom is -0.493 e. The molecule has 0 aliphatic heterocycles. The van der Waals surface area contributed by atoms with Crippen molar-refractivity contribution in [1.29, 1.82) is 0 Å². The Hall–Kier alpha value is -2.55. The number of benzene rings is 3. The summed E-state index contributed by atoms with van der Waals surface area (Å²) in [4.78, 5) is 11.3. The fourth-order valence-corrected chi connectivity index (χ4v) is 3.91. The van der Waals surface area contributed by atoms with Crippen molar-refractivity contribution in [3.05, 3.63) is 54.6 Å². The van der Waals surface area contributed by atoms with Crippen molar-refractivity contribution >= 4 is 27.5 Å². The number of unbranched alkanes of at least 4 members (excludes halogenated alkanes) is 7. The Balaban J connectivity index is 1.31. The maximum atomic E-state index is 11.3. The van der Waals surface area contributed by atoms with Crippen molar-refractivity contribution in [2.24, 2.45) is 0 Å². The minimum atomic E-state index is -0.0584. The Kier molecular flexibility index (Phi) is 9.02. The SMILES string of the molecule is CCOC(=O)CCCCCCCCCCOc1cccc2cc3ccccc3cc12. The number of esters is 1. The molecule has 0 amide bonds. The maximum absolute atomic E-state index is 11.3. The van der Waals surface area contributed by atoms with Crippen LogP contribution in [0.15, 0.2) is 54.6 Å². The standard InChI is InChI=1S/C27H34O3/c1-2-29-27(28)18-9-7-5-3-4-6-8-12-19-30-26-17-13-16-24-20-22-14-10-11-15-23(22)21-25(24)26/h10-11,13-17,20-21H,2-9,12,18-19H2,1H3. The molecule has 160 valence electrons. The molecule has 3 nitrogen and oxygen atoms in total. The number of fused-ring (bicyclic) bond motifs is 2. The second kappa shape index (κ2) is 12.2. The highest BCUT2D eigenvalue weighted by molar-refractivity contribution is 6.00. The predicted molar refractivity (Wildman–Crippen MR) is 125 cm³/mol. The molecule has 0 saturated carbocycles. The quantitative estimate of drug-likeness (QED) is 0.168. The number of carbonyl (C=O) groups is 1. The van der Waals surface area contributed by atoms with Gasteiger partial charge >= 0.3 is 5.97 Å². The van der Waals surface area contributed by atoms with E-state index in [2.05, 4.69) is 54.6 Å². The Morgan fingerprint density at radius 2 is 1.37 bits per heavy atom. The van der Waals surface area contributed by atoms with Gasteiger partial charge in [-0.25, -0.2) is 0 Å². The van der Waals surface area contributed by atoms with Gasteiger partial charge in [-0.15, -0.1) is 0 Å². The zero-order valence-electron chi connectivity index (χ0n) is 18.2. The second-order valence-electron chi connectivity index (χ2n) is 7.91. The summed E-state index contributed by atoms with van der Waals surface area (Å²) in [6.07, 6.45) is 9.91. The summed E-state index contributed by atoms with van der Waals surface area (Å²) in [5.74, 6) is 0.928. The molecule has 3 aromatic rings. The minimum absolute atomic E-state index is 0.0584. The van der Waals surface area contributed by atoms with Gasteiger partial charge in [0.1, 0.15) is 5.75 Å². The van der Waals surface area contributed by atoms with Gasteiger partial charge in [0.05, 0.1) is 13.2 Å². The van der Waals surface area contributed by atoms with Crippen LogP contribution in [0.25, 0.3) is 21.5 Å². The van der Waals surface area contributed by atoms with Crippen LogP contribution in [0.3, 0.4) is 0 Å². The average Bonchev–Trinajstić information content (AvgIpc) is 2.76. The van der Waals surface area contributed by atoms with Gasteiger partial charge in [-0.05, 0) is 54.1 Å². The molecule has 0 heterocycles. The van der Waals surface area contributed by atoms with Gasteiger partial charge in [0, 0.05) is 11.8 Å². The molecule has 0 spiro atoms. The molecule has 3 rings (SSSR count). The third-order valence-corrected chi connectivity index (χ3v) is 5.54. The molecule has 0 fully saturated rings. The summed E-state index contributed by atoms with van der Waals surface area (Å²) in [6.45, 7) is 3.11. The molecular formula is C27H34O3. The third kappa shape index (κ3) is 6.76. The van der Waals surface area contributed by atoms with E-state index >= 15 is 0 Å². The number of rotatable bonds is 13. The highest BCUT2D eigenvalue weighted by Gasteiger charge is 2.04. The summed E-state index contributed by atoms with van der Waals surface area (Å²) in [5.41, 5.74) is 0. The van der Waals surface area contributed by atoms with Crippen molar-refractivity contribution in [2.45, 2.75) is 64.7 Å². The van der Waals surface area contributed by atoms with E-state index in [1.165, 1.54) is 53.6 Å². The van der Waals surface area contributed by atoms with Crippen molar-refractivity contribution < 1.29 is 14.3 Å². The first-order valence-corrected chi connectivity index (χ1v) is 11.5. The molecule has 3 heteroatoms. The molecule has 0 N–H and O–H groups in total. The lowest BCUT2D eigenvalue weighted by Crippen LogP contribution is -2.03. The molecule has 0 radical (unpaired) electrons. The second-order valence-corrected chi connectivity index (χ2v) is 7.91. The molecule has 0 bridgehead atoms. The molecule has 30 heavy (non-hydrogen) atoms. The van der Waals surface area contributed by atoms with Crippen LogP contribution in [0.2, 0.25) is 0 Å². The lowest BCUT2D eigenvalue weighted by molar-refractivity contribution is -0.143. The van der Waals surface area contributed by atoms with Crippen LogP contribution in [0, 0.1) is 0 Å². The van der Waals surface area contributed by atoms with Crippen LogP contribution in [0.5, 0.6) is 5.75 Å². The van der Waals surface area contributed by atoms with E-state index in [0.29, 0.717) is 13.0 Å². The van der Waals surface area contributed by atoms with Crippen LogP contribution in [-0.2, 0) is 9.53 Å². The van der Waals surface area contributed by atoms with E-state index in [-0.39, 0.29) is 5.97 Å². The molecular weight excluding hydrogens is 372 g/mol. The smallest absolute Gasteiger partial charge is 0.305 e. The average molecular weight is 407 g/mol. The van der Waals surface area contributed by atoms with Crippen molar-refractivity contribution in [3.8, 4) is 5.75 Å². The zero-order chi connectivity index (χ0) is 21.0. The van der Waals surface area contributed by atoms with Crippen LogP contribution < -0.4 is 4.74 Å². The zero-order valence-corrected chi connectivity index (χ0v) is 18.2. The molecule has 0 aliphatic carbocycles. The molecule has 0 aliphatic rings. The highest BCUT2D eigenvalue weighted by Crippen LogP contribution is 2.30. The number of hydrogen-bond donors (Lipinski definition) is 0. The summed E-state index contributed by atoms with van der Waals surface area (Å²) >= 11 is 0. The van der Waals surface area contributed by atoms with Crippen LogP contribution in [0.4, 0.5) is 0 Å². The van der Waals surface area contributed by atoms with Crippen LogP contribution in [-0.4, -0.2) is 19.2 Å². The first-order valence-electron chi connectivity index (χ1n) is 11.5. The van der Waals surface area contributed by atoms with Crippen molar-refractivity contribution in [2.75, 3.05) is 13.2 Å². The van der Waals surface area contributed by atoms with Gasteiger partial charge in [0.2, 0.25) is 0 Å². The maximum Gasteiger partial charge on any atom is 0.305 e. The van der Waals surface area contributed by atoms with Gasteiger partial charge in [-0.2, -0.15) is 0 Å². The Morgan fingerprint density at radius 1 is 0.733 bits per heavy atom. The largest absolute Gasteiger partial charge is 0.493 e. The Morgan fingerprint density at radius 3 is 2.10 bits per heavy atom. The normalized spacial score (nSPS) is 11.1. The topological polar surface area (TPSA) is 35.5 Å². The predicted octanol–water partition coefficient (Wildman–Crippen LogP) is 7.45. The summed E-state index contributed by atoms with van der Waals surface area (Å²) in [7, 11) is 0. The number of hydrogen-bond acceptors (Lipinski definition) is 3. The first-order chi connectivity index (χ1) is 14.8. The number of carbonyl (C=O) groups excluding carboxylic acids is 1. The van der Waals surface area contributed by atoms with Crippen molar-refractivity contribution in [3.63, 3.8) is 0 Å². The first kappa shape index (κ1) is 22.1. The monoisotopic (exact) mass is 406 g/mol. The molecule has 0 atom stereocenters. The van der Waals surface area contributed by atoms with E-state index in [1.54, 1.807) is 0 Å². The van der Waals surface area contributed by atoms with E-state index in [9.17, 15) is 4.79 Å². The van der Waals surface area contributed by atoms with E-state index in [0.717, 1.165) is 31.6 Å². The van der Waals surface area contributed by atoms with Gasteiger partial charge in [-0.3, -0.25) is 4.79 Å². The Labute approximate surface area is 180 Å². The fourth-order valence-electron chi connectivity index (χ4n) is 3.91. The van der Waals surface area contributed by atoms with Gasteiger partial charge in [-0.1, -0.05) is 74.9 Å². The molecule has 0 unspecified atom stereocenters. The molecule has 0 saturated heterocycles. The van der Waals surface area contributed by atoms with Gasteiger partial charge in [0.15, 0.2) is 0 Å². The Bertz CT molecular complexity index is 932. The highest BCUT2D eigenvalue weighted by atomic mass is 16.5. The van der Waals surface area contributed by atoms with Crippen molar-refractivity contribution in [1.82, 2.24) is 0 Å². The number of ether oxygens (including phenoxy) is 2. The van der Waals surface area contributed by atoms with Gasteiger partial charge < -0.3 is 9.47 Å².